The fourth-order valence-corrected chi connectivity index (χ4v) is 2.42. The van der Waals surface area contributed by atoms with Crippen molar-refractivity contribution in [3.8, 4) is 0 Å². The van der Waals surface area contributed by atoms with Crippen LogP contribution in [0, 0.1) is 19.7 Å². The van der Waals surface area contributed by atoms with E-state index in [1.807, 2.05) is 13.8 Å². The van der Waals surface area contributed by atoms with E-state index in [1.165, 1.54) is 12.1 Å². The molecule has 4 heteroatoms. The molecule has 2 aromatic carbocycles. The highest BCUT2D eigenvalue weighted by Gasteiger charge is 2.19. The zero-order chi connectivity index (χ0) is 14.2. The Labute approximate surface area is 121 Å². The number of rotatable bonds is 2. The lowest BCUT2D eigenvalue weighted by Crippen LogP contribution is -2.04. The fourth-order valence-electron chi connectivity index (χ4n) is 1.91. The lowest BCUT2D eigenvalue weighted by molar-refractivity contribution is 0.215. The van der Waals surface area contributed by atoms with Crippen molar-refractivity contribution in [3.05, 3.63) is 68.4 Å². The number of aliphatic hydroxyl groups excluding tert-OH is 1. The third-order valence-electron chi connectivity index (χ3n) is 3.18. The Morgan fingerprint density at radius 3 is 2.32 bits per heavy atom. The molecule has 2 aromatic rings. The van der Waals surface area contributed by atoms with Gasteiger partial charge < -0.3 is 5.11 Å². The molecule has 0 fully saturated rings. The summed E-state index contributed by atoms with van der Waals surface area (Å²) in [5.74, 6) is -0.619. The maximum absolute atomic E-state index is 13.9. The number of hydrogen-bond acceptors (Lipinski definition) is 1. The van der Waals surface area contributed by atoms with Crippen molar-refractivity contribution in [2.75, 3.05) is 0 Å². The molecule has 0 aliphatic rings. The van der Waals surface area contributed by atoms with Gasteiger partial charge in [-0.05, 0) is 37.1 Å². The Balaban J connectivity index is 2.53. The summed E-state index contributed by atoms with van der Waals surface area (Å²) in [6.07, 6.45) is -1.13. The zero-order valence-electron chi connectivity index (χ0n) is 10.5. The SMILES string of the molecule is Cc1cc(Cl)c(C(O)c2cccc(Cl)c2F)cc1C. The van der Waals surface area contributed by atoms with Crippen molar-refractivity contribution in [2.45, 2.75) is 20.0 Å². The number of aliphatic hydroxyl groups is 1. The average Bonchev–Trinajstić information content (AvgIpc) is 2.36. The molecule has 0 bridgehead atoms. The standard InChI is InChI=1S/C15H13Cl2FO/c1-8-6-11(13(17)7-9(8)2)15(19)10-4-3-5-12(16)14(10)18/h3-7,15,19H,1-2H3. The largest absolute Gasteiger partial charge is 0.383 e. The van der Waals surface area contributed by atoms with Crippen molar-refractivity contribution >= 4 is 23.2 Å². The van der Waals surface area contributed by atoms with Gasteiger partial charge in [0, 0.05) is 16.1 Å². The summed E-state index contributed by atoms with van der Waals surface area (Å²) in [5.41, 5.74) is 2.61. The van der Waals surface area contributed by atoms with Gasteiger partial charge >= 0.3 is 0 Å². The Morgan fingerprint density at radius 2 is 1.63 bits per heavy atom. The van der Waals surface area contributed by atoms with Gasteiger partial charge in [0.1, 0.15) is 11.9 Å². The highest BCUT2D eigenvalue weighted by molar-refractivity contribution is 6.31. The van der Waals surface area contributed by atoms with Crippen LogP contribution in [-0.4, -0.2) is 5.11 Å². The molecule has 1 atom stereocenters. The van der Waals surface area contributed by atoms with Gasteiger partial charge in [-0.2, -0.15) is 0 Å². The van der Waals surface area contributed by atoms with Crippen LogP contribution >= 0.6 is 23.2 Å². The quantitative estimate of drug-likeness (QED) is 0.842. The predicted octanol–water partition coefficient (Wildman–Crippen LogP) is 4.83. The molecular formula is C15H13Cl2FO. The second-order valence-electron chi connectivity index (χ2n) is 4.50. The van der Waals surface area contributed by atoms with Gasteiger partial charge in [0.05, 0.1) is 5.02 Å². The predicted molar refractivity (Wildman–Crippen MR) is 76.4 cm³/mol. The monoisotopic (exact) mass is 298 g/mol. The normalized spacial score (nSPS) is 12.5. The lowest BCUT2D eigenvalue weighted by Gasteiger charge is -2.16. The van der Waals surface area contributed by atoms with E-state index in [0.29, 0.717) is 10.6 Å². The lowest BCUT2D eigenvalue weighted by atomic mass is 9.97. The molecule has 0 spiro atoms. The van der Waals surface area contributed by atoms with Crippen LogP contribution in [0.4, 0.5) is 4.39 Å². The van der Waals surface area contributed by atoms with Gasteiger partial charge in [-0.15, -0.1) is 0 Å². The third-order valence-corrected chi connectivity index (χ3v) is 3.80. The minimum Gasteiger partial charge on any atom is -0.383 e. The molecule has 0 saturated heterocycles. The van der Waals surface area contributed by atoms with Crippen LogP contribution in [0.15, 0.2) is 30.3 Å². The van der Waals surface area contributed by atoms with Crippen LogP contribution in [0.25, 0.3) is 0 Å². The van der Waals surface area contributed by atoms with E-state index in [4.69, 9.17) is 23.2 Å². The van der Waals surface area contributed by atoms with Gasteiger partial charge in [-0.25, -0.2) is 4.39 Å². The molecule has 100 valence electrons. The number of hydrogen-bond donors (Lipinski definition) is 1. The maximum atomic E-state index is 13.9. The molecule has 0 aliphatic carbocycles. The number of benzene rings is 2. The second kappa shape index (κ2) is 5.49. The maximum Gasteiger partial charge on any atom is 0.147 e. The van der Waals surface area contributed by atoms with Crippen LogP contribution in [0.3, 0.4) is 0 Å². The molecule has 0 heterocycles. The van der Waals surface area contributed by atoms with Gasteiger partial charge in [-0.1, -0.05) is 41.4 Å². The fraction of sp³-hybridized carbons (Fsp3) is 0.200. The van der Waals surface area contributed by atoms with E-state index in [9.17, 15) is 9.50 Å². The highest BCUT2D eigenvalue weighted by Crippen LogP contribution is 2.33. The minimum absolute atomic E-state index is 0.0171. The third kappa shape index (κ3) is 2.76. The van der Waals surface area contributed by atoms with Crippen LogP contribution < -0.4 is 0 Å². The van der Waals surface area contributed by atoms with Gasteiger partial charge in [-0.3, -0.25) is 0 Å². The first-order chi connectivity index (χ1) is 8.91. The van der Waals surface area contributed by atoms with E-state index < -0.39 is 11.9 Å². The molecular weight excluding hydrogens is 286 g/mol. The van der Waals surface area contributed by atoms with E-state index in [-0.39, 0.29) is 10.6 Å². The molecule has 0 amide bonds. The molecule has 1 nitrogen and oxygen atoms in total. The summed E-state index contributed by atoms with van der Waals surface area (Å²) >= 11 is 11.8. The summed E-state index contributed by atoms with van der Waals surface area (Å²) in [6, 6.07) is 8.06. The first kappa shape index (κ1) is 14.3. The topological polar surface area (TPSA) is 20.2 Å². The molecule has 1 unspecified atom stereocenters. The van der Waals surface area contributed by atoms with Gasteiger partial charge in [0.25, 0.3) is 0 Å². The van der Waals surface area contributed by atoms with Gasteiger partial charge in [0.15, 0.2) is 0 Å². The summed E-state index contributed by atoms with van der Waals surface area (Å²) in [5, 5.41) is 10.7. The zero-order valence-corrected chi connectivity index (χ0v) is 12.1. The second-order valence-corrected chi connectivity index (χ2v) is 5.32. The number of aryl methyl sites for hydroxylation is 2. The van der Waals surface area contributed by atoms with Crippen molar-refractivity contribution < 1.29 is 9.50 Å². The average molecular weight is 299 g/mol. The van der Waals surface area contributed by atoms with Crippen molar-refractivity contribution in [3.63, 3.8) is 0 Å². The van der Waals surface area contributed by atoms with Crippen molar-refractivity contribution in [2.24, 2.45) is 0 Å². The summed E-state index contributed by atoms with van der Waals surface area (Å²) in [6.45, 7) is 3.84. The van der Waals surface area contributed by atoms with Crippen LogP contribution in [-0.2, 0) is 0 Å². The Bertz CT molecular complexity index is 626. The molecule has 0 saturated carbocycles. The van der Waals surface area contributed by atoms with E-state index in [2.05, 4.69) is 0 Å². The summed E-state index contributed by atoms with van der Waals surface area (Å²) in [4.78, 5) is 0. The first-order valence-corrected chi connectivity index (χ1v) is 6.56. The molecule has 0 radical (unpaired) electrons. The molecule has 2 rings (SSSR count). The number of halogens is 3. The Hall–Kier alpha value is -1.09. The van der Waals surface area contributed by atoms with Gasteiger partial charge in [0.2, 0.25) is 0 Å². The van der Waals surface area contributed by atoms with E-state index in [1.54, 1.807) is 18.2 Å². The van der Waals surface area contributed by atoms with Crippen LogP contribution in [0.2, 0.25) is 10.0 Å². The van der Waals surface area contributed by atoms with E-state index in [0.717, 1.165) is 11.1 Å². The molecule has 1 N–H and O–H groups in total. The summed E-state index contributed by atoms with van der Waals surface area (Å²) in [7, 11) is 0. The Kier molecular flexibility index (Phi) is 4.14. The molecule has 0 aliphatic heterocycles. The Morgan fingerprint density at radius 1 is 1.00 bits per heavy atom. The summed E-state index contributed by atoms with van der Waals surface area (Å²) < 4.78 is 13.9. The molecule has 0 aromatic heterocycles. The molecule has 19 heavy (non-hydrogen) atoms. The van der Waals surface area contributed by atoms with Crippen LogP contribution in [0.1, 0.15) is 28.4 Å². The van der Waals surface area contributed by atoms with E-state index >= 15 is 0 Å². The van der Waals surface area contributed by atoms with Crippen LogP contribution in [0.5, 0.6) is 0 Å². The highest BCUT2D eigenvalue weighted by atomic mass is 35.5. The van der Waals surface area contributed by atoms with Crippen molar-refractivity contribution in [1.82, 2.24) is 0 Å². The first-order valence-electron chi connectivity index (χ1n) is 5.80. The smallest absolute Gasteiger partial charge is 0.147 e. The van der Waals surface area contributed by atoms with Crippen molar-refractivity contribution in [1.29, 1.82) is 0 Å². The minimum atomic E-state index is -1.13.